The predicted octanol–water partition coefficient (Wildman–Crippen LogP) is 6.01. The summed E-state index contributed by atoms with van der Waals surface area (Å²) in [5.74, 6) is -0.451. The first-order chi connectivity index (χ1) is 16.4. The van der Waals surface area contributed by atoms with E-state index in [2.05, 4.69) is 50.2 Å². The first-order valence-electron chi connectivity index (χ1n) is 11.9. The number of fused-ring (bicyclic) bond motifs is 1. The van der Waals surface area contributed by atoms with E-state index >= 15 is 0 Å². The van der Waals surface area contributed by atoms with Crippen molar-refractivity contribution in [3.8, 4) is 0 Å². The average molecular weight is 492 g/mol. The lowest BCUT2D eigenvalue weighted by molar-refractivity contribution is -0.127. The van der Waals surface area contributed by atoms with Crippen molar-refractivity contribution in [1.29, 1.82) is 0 Å². The molecule has 1 N–H and O–H groups in total. The lowest BCUT2D eigenvalue weighted by atomic mass is 9.79. The molecule has 0 radical (unpaired) electrons. The summed E-state index contributed by atoms with van der Waals surface area (Å²) >= 11 is 0.885. The first-order valence-corrected chi connectivity index (χ1v) is 12.7. The first kappa shape index (κ1) is 25.0. The molecule has 0 unspecified atom stereocenters. The Morgan fingerprint density at radius 1 is 1.11 bits per heavy atom. The van der Waals surface area contributed by atoms with Gasteiger partial charge >= 0.3 is 0 Å². The van der Waals surface area contributed by atoms with Crippen LogP contribution in [0.15, 0.2) is 35.2 Å². The van der Waals surface area contributed by atoms with E-state index in [1.807, 2.05) is 39.0 Å². The van der Waals surface area contributed by atoms with E-state index in [1.165, 1.54) is 11.3 Å². The molecule has 0 saturated carbocycles. The number of hydrogen-bond acceptors (Lipinski definition) is 5. The Bertz CT molecular complexity index is 1260. The molecule has 0 aromatic heterocycles. The quantitative estimate of drug-likeness (QED) is 0.531. The van der Waals surface area contributed by atoms with Crippen molar-refractivity contribution in [1.82, 2.24) is 4.90 Å². The highest BCUT2D eigenvalue weighted by Gasteiger charge is 2.37. The number of benzene rings is 2. The molecule has 1 saturated heterocycles. The summed E-state index contributed by atoms with van der Waals surface area (Å²) in [6.45, 7) is 12.4. The van der Waals surface area contributed by atoms with Gasteiger partial charge in [0.2, 0.25) is 5.91 Å². The second-order valence-corrected chi connectivity index (χ2v) is 11.4. The fourth-order valence-corrected chi connectivity index (χ4v) is 5.66. The van der Waals surface area contributed by atoms with Crippen LogP contribution in [0.25, 0.3) is 6.08 Å². The number of nitrogens with one attached hydrogen (secondary N) is 1. The summed E-state index contributed by atoms with van der Waals surface area (Å²) in [7, 11) is 2.12. The van der Waals surface area contributed by atoms with E-state index in [0.29, 0.717) is 16.5 Å². The summed E-state index contributed by atoms with van der Waals surface area (Å²) < 4.78 is 0. The van der Waals surface area contributed by atoms with Crippen molar-refractivity contribution in [2.75, 3.05) is 23.8 Å². The highest BCUT2D eigenvalue weighted by Crippen LogP contribution is 2.44. The van der Waals surface area contributed by atoms with Gasteiger partial charge in [-0.2, -0.15) is 0 Å². The van der Waals surface area contributed by atoms with Gasteiger partial charge < -0.3 is 10.2 Å². The van der Waals surface area contributed by atoms with Gasteiger partial charge in [-0.1, -0.05) is 13.0 Å². The van der Waals surface area contributed by atoms with Crippen molar-refractivity contribution in [3.05, 3.63) is 63.1 Å². The smallest absolute Gasteiger partial charge is 0.294 e. The average Bonchev–Trinajstić information content (AvgIpc) is 3.03. The van der Waals surface area contributed by atoms with Gasteiger partial charge in [0, 0.05) is 24.0 Å². The summed E-state index contributed by atoms with van der Waals surface area (Å²) in [6.07, 6.45) is 2.82. The molecule has 35 heavy (non-hydrogen) atoms. The molecule has 2 aliphatic heterocycles. The number of aryl methyl sites for hydroxylation is 3. The standard InChI is InChI=1S/C28H33N3O3S/c1-16-8-9-21(10-17(16)2)29-25(32)15-31-26(33)24(35-27(31)34)13-20-12-22-19(4)14-28(5,6)30(7)23(22)11-18(20)3/h8-13,19H,14-15H2,1-7H3,(H,29,32)/b24-13-/t19-/m0/s1. The van der Waals surface area contributed by atoms with Gasteiger partial charge in [0.1, 0.15) is 6.54 Å². The molecule has 1 atom stereocenters. The summed E-state index contributed by atoms with van der Waals surface area (Å²) in [6, 6.07) is 9.92. The minimum atomic E-state index is -0.432. The van der Waals surface area contributed by atoms with Crippen LogP contribution in [0.1, 0.15) is 60.9 Å². The van der Waals surface area contributed by atoms with Gasteiger partial charge in [0.25, 0.3) is 11.1 Å². The molecule has 184 valence electrons. The number of imide groups is 1. The second kappa shape index (κ2) is 9.19. The van der Waals surface area contributed by atoms with E-state index in [-0.39, 0.29) is 12.1 Å². The molecular weight excluding hydrogens is 458 g/mol. The highest BCUT2D eigenvalue weighted by atomic mass is 32.2. The van der Waals surface area contributed by atoms with Crippen LogP contribution in [0, 0.1) is 20.8 Å². The van der Waals surface area contributed by atoms with Gasteiger partial charge in [-0.05, 0) is 117 Å². The van der Waals surface area contributed by atoms with Crippen molar-refractivity contribution < 1.29 is 14.4 Å². The molecule has 2 aromatic rings. The second-order valence-electron chi connectivity index (χ2n) is 10.4. The Hall–Kier alpha value is -3.06. The number of nitrogens with zero attached hydrogens (tertiary/aromatic N) is 2. The maximum Gasteiger partial charge on any atom is 0.294 e. The van der Waals surface area contributed by atoms with E-state index in [0.717, 1.165) is 45.3 Å². The van der Waals surface area contributed by atoms with Crippen LogP contribution >= 0.6 is 11.8 Å². The van der Waals surface area contributed by atoms with Crippen molar-refractivity contribution in [3.63, 3.8) is 0 Å². The zero-order valence-corrected chi connectivity index (χ0v) is 22.3. The van der Waals surface area contributed by atoms with Gasteiger partial charge in [0.15, 0.2) is 0 Å². The van der Waals surface area contributed by atoms with E-state index in [9.17, 15) is 14.4 Å². The number of carbonyl (C=O) groups is 3. The maximum atomic E-state index is 13.0. The molecule has 4 rings (SSSR count). The van der Waals surface area contributed by atoms with E-state index in [1.54, 1.807) is 6.08 Å². The third kappa shape index (κ3) is 4.87. The van der Waals surface area contributed by atoms with E-state index in [4.69, 9.17) is 0 Å². The largest absolute Gasteiger partial charge is 0.369 e. The van der Waals surface area contributed by atoms with Crippen LogP contribution in [0.2, 0.25) is 0 Å². The number of amides is 3. The van der Waals surface area contributed by atoms with Crippen molar-refractivity contribution in [2.45, 2.75) is 59.4 Å². The van der Waals surface area contributed by atoms with Gasteiger partial charge in [-0.15, -0.1) is 0 Å². The molecule has 1 fully saturated rings. The Kier molecular flexibility index (Phi) is 6.58. The summed E-state index contributed by atoms with van der Waals surface area (Å²) in [5.41, 5.74) is 7.32. The van der Waals surface area contributed by atoms with Gasteiger partial charge in [0.05, 0.1) is 4.91 Å². The Labute approximate surface area is 211 Å². The lowest BCUT2D eigenvalue weighted by Crippen LogP contribution is -2.45. The third-order valence-electron chi connectivity index (χ3n) is 7.27. The molecule has 2 heterocycles. The number of anilines is 2. The predicted molar refractivity (Wildman–Crippen MR) is 144 cm³/mol. The lowest BCUT2D eigenvalue weighted by Gasteiger charge is -2.45. The van der Waals surface area contributed by atoms with Crippen LogP contribution in [-0.4, -0.2) is 41.1 Å². The third-order valence-corrected chi connectivity index (χ3v) is 8.18. The van der Waals surface area contributed by atoms with Crippen LogP contribution < -0.4 is 10.2 Å². The highest BCUT2D eigenvalue weighted by molar-refractivity contribution is 8.18. The number of thioether (sulfide) groups is 1. The van der Waals surface area contributed by atoms with Crippen LogP contribution in [0.5, 0.6) is 0 Å². The molecular formula is C28H33N3O3S. The molecule has 7 heteroatoms. The number of carbonyl (C=O) groups excluding carboxylic acids is 3. The molecule has 6 nitrogen and oxygen atoms in total. The van der Waals surface area contributed by atoms with Crippen molar-refractivity contribution in [2.24, 2.45) is 0 Å². The van der Waals surface area contributed by atoms with Crippen LogP contribution in [0.3, 0.4) is 0 Å². The maximum absolute atomic E-state index is 13.0. The minimum absolute atomic E-state index is 0.0703. The topological polar surface area (TPSA) is 69.7 Å². The Morgan fingerprint density at radius 2 is 1.83 bits per heavy atom. The molecule has 2 aromatic carbocycles. The summed E-state index contributed by atoms with van der Waals surface area (Å²) in [4.78, 5) is 41.9. The molecule has 0 aliphatic carbocycles. The van der Waals surface area contributed by atoms with Gasteiger partial charge in [-0.3, -0.25) is 19.3 Å². The van der Waals surface area contributed by atoms with Crippen molar-refractivity contribution >= 4 is 46.3 Å². The zero-order valence-electron chi connectivity index (χ0n) is 21.5. The summed E-state index contributed by atoms with van der Waals surface area (Å²) in [5, 5.41) is 2.35. The molecule has 3 amide bonds. The number of hydrogen-bond donors (Lipinski definition) is 1. The normalized spacial score (nSPS) is 20.4. The minimum Gasteiger partial charge on any atom is -0.369 e. The number of rotatable bonds is 4. The molecule has 0 spiro atoms. The Balaban J connectivity index is 1.53. The van der Waals surface area contributed by atoms with Crippen LogP contribution in [-0.2, 0) is 9.59 Å². The zero-order chi connectivity index (χ0) is 25.7. The monoisotopic (exact) mass is 491 g/mol. The SMILES string of the molecule is Cc1ccc(NC(=O)CN2C(=O)S/C(=C\c3cc4c(cc3C)N(C)C(C)(C)C[C@@H]4C)C2=O)cc1C. The molecule has 0 bridgehead atoms. The molecule has 2 aliphatic rings. The Morgan fingerprint density at radius 3 is 2.51 bits per heavy atom. The van der Waals surface area contributed by atoms with Gasteiger partial charge in [-0.25, -0.2) is 0 Å². The fourth-order valence-electron chi connectivity index (χ4n) is 4.83. The van der Waals surface area contributed by atoms with E-state index < -0.39 is 17.1 Å². The van der Waals surface area contributed by atoms with Crippen LogP contribution in [0.4, 0.5) is 16.2 Å². The fraction of sp³-hybridized carbons (Fsp3) is 0.393.